The minimum absolute atomic E-state index is 0.167. The van der Waals surface area contributed by atoms with Crippen LogP contribution in [0.1, 0.15) is 27.8 Å². The zero-order valence-corrected chi connectivity index (χ0v) is 22.0. The molecule has 5 aromatic carbocycles. The van der Waals surface area contributed by atoms with E-state index in [2.05, 4.69) is 6.07 Å². The van der Waals surface area contributed by atoms with Gasteiger partial charge in [0.1, 0.15) is 0 Å². The van der Waals surface area contributed by atoms with Crippen LogP contribution in [0.15, 0.2) is 146 Å². The molecule has 4 heteroatoms. The lowest BCUT2D eigenvalue weighted by Crippen LogP contribution is -2.79. The predicted octanol–water partition coefficient (Wildman–Crippen LogP) is 6.46. The highest BCUT2D eigenvalue weighted by atomic mass is 16.2. The molecular weight excluding hydrogens is 492 g/mol. The van der Waals surface area contributed by atoms with Crippen LogP contribution in [0.5, 0.6) is 0 Å². The summed E-state index contributed by atoms with van der Waals surface area (Å²) in [5.41, 5.74) is 2.75. The Kier molecular flexibility index (Phi) is 5.64. The number of fused-ring (bicyclic) bond motifs is 2. The van der Waals surface area contributed by atoms with Gasteiger partial charge in [0.15, 0.2) is 11.1 Å². The van der Waals surface area contributed by atoms with E-state index in [0.29, 0.717) is 6.54 Å². The van der Waals surface area contributed by atoms with Crippen molar-refractivity contribution in [2.75, 3.05) is 4.90 Å². The highest BCUT2D eigenvalue weighted by molar-refractivity contribution is 6.22. The fourth-order valence-corrected chi connectivity index (χ4v) is 6.68. The van der Waals surface area contributed by atoms with Crippen molar-refractivity contribution >= 4 is 17.5 Å². The van der Waals surface area contributed by atoms with Crippen molar-refractivity contribution in [2.45, 2.75) is 24.0 Å². The van der Waals surface area contributed by atoms with E-state index in [1.54, 1.807) is 0 Å². The molecule has 194 valence electrons. The summed E-state index contributed by atoms with van der Waals surface area (Å²) in [5, 5.41) is 0. The number of rotatable bonds is 6. The lowest BCUT2D eigenvalue weighted by Gasteiger charge is -2.63. The summed E-state index contributed by atoms with van der Waals surface area (Å²) in [5.74, 6) is -0.362. The maximum atomic E-state index is 15.1. The highest BCUT2D eigenvalue weighted by Gasteiger charge is 2.70. The van der Waals surface area contributed by atoms with Gasteiger partial charge >= 0.3 is 0 Å². The molecule has 40 heavy (non-hydrogen) atoms. The fourth-order valence-electron chi connectivity index (χ4n) is 6.68. The number of para-hydroxylation sites is 1. The Morgan fingerprint density at radius 3 is 1.62 bits per heavy atom. The molecule has 1 saturated heterocycles. The van der Waals surface area contributed by atoms with Gasteiger partial charge in [-0.2, -0.15) is 0 Å². The molecule has 2 bridgehead atoms. The molecule has 3 aliphatic rings. The van der Waals surface area contributed by atoms with E-state index in [1.807, 2.05) is 149 Å². The van der Waals surface area contributed by atoms with Gasteiger partial charge in [-0.3, -0.25) is 14.5 Å². The molecule has 0 spiro atoms. The molecule has 0 aliphatic carbocycles. The average molecular weight is 521 g/mol. The standard InChI is InChI=1S/C36H28N2O2/c39-33-35(25-27-15-5-1-6-16-27)31-23-13-14-24-32(31)36(29-19-9-3-10-20-29,37(33)26-28-17-7-2-8-18-28)38(34(35)40)30-21-11-4-12-22-30/h1-24H,25-26H2. The molecule has 5 aromatic rings. The molecule has 1 fully saturated rings. The SMILES string of the molecule is O=C1N(Cc2ccccc2)C2(c3ccccc3)c3ccccc3C1(Cc1ccccc1)C(=O)N2c1ccccc1. The summed E-state index contributed by atoms with van der Waals surface area (Å²) < 4.78 is 0. The second-order valence-electron chi connectivity index (χ2n) is 10.5. The smallest absolute Gasteiger partial charge is 0.250 e. The molecule has 4 nitrogen and oxygen atoms in total. The van der Waals surface area contributed by atoms with Crippen LogP contribution in [0.3, 0.4) is 0 Å². The summed E-state index contributed by atoms with van der Waals surface area (Å²) in [7, 11) is 0. The zero-order chi connectivity index (χ0) is 27.2. The number of benzene rings is 5. The average Bonchev–Trinajstić information content (AvgIpc) is 3.02. The van der Waals surface area contributed by atoms with E-state index >= 15 is 9.59 Å². The van der Waals surface area contributed by atoms with Crippen LogP contribution in [-0.4, -0.2) is 16.7 Å². The molecule has 8 rings (SSSR count). The molecule has 3 aliphatic heterocycles. The lowest BCUT2D eigenvalue weighted by molar-refractivity contribution is -0.160. The Morgan fingerprint density at radius 2 is 1.00 bits per heavy atom. The third-order valence-corrected chi connectivity index (χ3v) is 8.34. The van der Waals surface area contributed by atoms with Gasteiger partial charge in [-0.1, -0.05) is 133 Å². The summed E-state index contributed by atoms with van der Waals surface area (Å²) >= 11 is 0. The van der Waals surface area contributed by atoms with Crippen LogP contribution in [0.2, 0.25) is 0 Å². The van der Waals surface area contributed by atoms with Gasteiger partial charge in [0.25, 0.3) is 0 Å². The molecule has 2 atom stereocenters. The molecule has 0 N–H and O–H groups in total. The van der Waals surface area contributed by atoms with Crippen molar-refractivity contribution in [1.29, 1.82) is 0 Å². The van der Waals surface area contributed by atoms with Gasteiger partial charge in [-0.15, -0.1) is 0 Å². The molecule has 2 unspecified atom stereocenters. The molecule has 0 aromatic heterocycles. The van der Waals surface area contributed by atoms with Gasteiger partial charge < -0.3 is 4.90 Å². The van der Waals surface area contributed by atoms with Gasteiger partial charge in [0.2, 0.25) is 11.8 Å². The van der Waals surface area contributed by atoms with Crippen LogP contribution in [0, 0.1) is 0 Å². The van der Waals surface area contributed by atoms with Gasteiger partial charge in [-0.25, -0.2) is 0 Å². The van der Waals surface area contributed by atoms with Crippen molar-refractivity contribution < 1.29 is 9.59 Å². The minimum atomic E-state index is -1.40. The van der Waals surface area contributed by atoms with E-state index in [9.17, 15) is 0 Å². The van der Waals surface area contributed by atoms with E-state index < -0.39 is 11.1 Å². The van der Waals surface area contributed by atoms with Crippen molar-refractivity contribution in [2.24, 2.45) is 0 Å². The number of amides is 2. The molecule has 2 amide bonds. The Balaban J connectivity index is 1.60. The summed E-state index contributed by atoms with van der Waals surface area (Å²) in [6.45, 7) is 0.357. The quantitative estimate of drug-likeness (QED) is 0.241. The maximum absolute atomic E-state index is 15.1. The fraction of sp³-hybridized carbons (Fsp3) is 0.111. The van der Waals surface area contributed by atoms with Crippen LogP contribution in [-0.2, 0) is 33.6 Å². The van der Waals surface area contributed by atoms with Crippen LogP contribution in [0.4, 0.5) is 5.69 Å². The predicted molar refractivity (Wildman–Crippen MR) is 156 cm³/mol. The van der Waals surface area contributed by atoms with Gasteiger partial charge in [-0.05, 0) is 35.2 Å². The summed E-state index contributed by atoms with van der Waals surface area (Å²) in [6, 6.07) is 47.7. The lowest BCUT2D eigenvalue weighted by atomic mass is 9.60. The summed E-state index contributed by atoms with van der Waals surface area (Å²) in [6.07, 6.45) is 0.280. The Labute approximate surface area is 234 Å². The topological polar surface area (TPSA) is 40.6 Å². The van der Waals surface area contributed by atoms with E-state index in [-0.39, 0.29) is 18.2 Å². The molecule has 3 heterocycles. The first-order valence-electron chi connectivity index (χ1n) is 13.6. The van der Waals surface area contributed by atoms with E-state index in [0.717, 1.165) is 33.5 Å². The Hall–Kier alpha value is -4.96. The number of carbonyl (C=O) groups excluding carboxylic acids is 2. The van der Waals surface area contributed by atoms with Crippen LogP contribution in [0.25, 0.3) is 0 Å². The van der Waals surface area contributed by atoms with E-state index in [1.165, 1.54) is 0 Å². The van der Waals surface area contributed by atoms with Gasteiger partial charge in [0.05, 0.1) is 0 Å². The van der Waals surface area contributed by atoms with Gasteiger partial charge in [0, 0.05) is 23.4 Å². The highest BCUT2D eigenvalue weighted by Crippen LogP contribution is 2.58. The van der Waals surface area contributed by atoms with Crippen LogP contribution >= 0.6 is 0 Å². The first kappa shape index (κ1) is 24.1. The number of hydrogen-bond donors (Lipinski definition) is 0. The Bertz CT molecular complexity index is 1690. The molecular formula is C36H28N2O2. The van der Waals surface area contributed by atoms with Crippen molar-refractivity contribution in [3.05, 3.63) is 173 Å². The largest absolute Gasteiger partial charge is 0.306 e. The van der Waals surface area contributed by atoms with E-state index in [4.69, 9.17) is 0 Å². The Morgan fingerprint density at radius 1 is 0.500 bits per heavy atom. The first-order valence-corrected chi connectivity index (χ1v) is 13.6. The minimum Gasteiger partial charge on any atom is -0.306 e. The van der Waals surface area contributed by atoms with Crippen molar-refractivity contribution in [3.8, 4) is 0 Å². The maximum Gasteiger partial charge on any atom is 0.250 e. The summed E-state index contributed by atoms with van der Waals surface area (Å²) in [4.78, 5) is 34.1. The number of hydrogen-bond acceptors (Lipinski definition) is 2. The normalized spacial score (nSPS) is 21.4. The third-order valence-electron chi connectivity index (χ3n) is 8.34. The monoisotopic (exact) mass is 520 g/mol. The van der Waals surface area contributed by atoms with Crippen molar-refractivity contribution in [3.63, 3.8) is 0 Å². The molecule has 0 saturated carbocycles. The molecule has 0 radical (unpaired) electrons. The number of anilines is 1. The zero-order valence-electron chi connectivity index (χ0n) is 22.0. The van der Waals surface area contributed by atoms with Crippen molar-refractivity contribution in [1.82, 2.24) is 4.90 Å². The number of carbonyl (C=O) groups is 2. The first-order chi connectivity index (χ1) is 19.7. The number of nitrogens with zero attached hydrogens (tertiary/aromatic N) is 2. The third kappa shape index (κ3) is 3.32. The van der Waals surface area contributed by atoms with Crippen LogP contribution < -0.4 is 4.90 Å². The second kappa shape index (κ2) is 9.35. The second-order valence-corrected chi connectivity index (χ2v) is 10.5.